The van der Waals surface area contributed by atoms with E-state index in [1.54, 1.807) is 16.7 Å². The first-order valence-electron chi connectivity index (χ1n) is 7.12. The third-order valence-corrected chi connectivity index (χ3v) is 6.21. The minimum atomic E-state index is -2.98. The highest BCUT2D eigenvalue weighted by atomic mass is 32.2. The van der Waals surface area contributed by atoms with Crippen molar-refractivity contribution in [2.24, 2.45) is 0 Å². The van der Waals surface area contributed by atoms with Gasteiger partial charge in [0.2, 0.25) is 0 Å². The van der Waals surface area contributed by atoms with Gasteiger partial charge in [0.25, 0.3) is 5.91 Å². The molecule has 1 aromatic carbocycles. The minimum Gasteiger partial charge on any atom is -0.335 e. The quantitative estimate of drug-likeness (QED) is 0.780. The molecule has 1 aliphatic rings. The molecule has 0 N–H and O–H groups in total. The van der Waals surface area contributed by atoms with Gasteiger partial charge in [-0.25, -0.2) is 8.42 Å². The molecular weight excluding hydrogens is 306 g/mol. The van der Waals surface area contributed by atoms with Gasteiger partial charge in [-0.2, -0.15) is 0 Å². The molecule has 0 saturated carbocycles. The molecule has 1 saturated heterocycles. The van der Waals surface area contributed by atoms with Crippen molar-refractivity contribution in [2.75, 3.05) is 24.3 Å². The number of nitrogens with zero attached hydrogens (tertiary/aromatic N) is 1. The normalized spacial score (nSPS) is 20.4. The maximum absolute atomic E-state index is 12.7. The zero-order chi connectivity index (χ0) is 15.5. The Morgan fingerprint density at radius 2 is 2.00 bits per heavy atom. The van der Waals surface area contributed by atoms with Crippen LogP contribution in [0.4, 0.5) is 0 Å². The molecule has 4 nitrogen and oxygen atoms in total. The second-order valence-electron chi connectivity index (χ2n) is 5.28. The Morgan fingerprint density at radius 3 is 2.48 bits per heavy atom. The van der Waals surface area contributed by atoms with Crippen LogP contribution in [0, 0.1) is 0 Å². The first kappa shape index (κ1) is 16.4. The van der Waals surface area contributed by atoms with E-state index >= 15 is 0 Å². The molecule has 1 unspecified atom stereocenters. The monoisotopic (exact) mass is 327 g/mol. The van der Waals surface area contributed by atoms with Gasteiger partial charge in [0, 0.05) is 23.0 Å². The second kappa shape index (κ2) is 6.83. The van der Waals surface area contributed by atoms with Crippen LogP contribution in [0.2, 0.25) is 0 Å². The lowest BCUT2D eigenvalue weighted by Gasteiger charge is -2.28. The van der Waals surface area contributed by atoms with Crippen molar-refractivity contribution < 1.29 is 13.2 Å². The number of sulfone groups is 1. The van der Waals surface area contributed by atoms with Gasteiger partial charge in [-0.1, -0.05) is 6.92 Å². The SMILES string of the molecule is CCCN(C(=O)c1ccc(SC)cc1)C1CCS(=O)(=O)C1. The molecule has 0 aliphatic carbocycles. The molecule has 0 radical (unpaired) electrons. The highest BCUT2D eigenvalue weighted by Gasteiger charge is 2.34. The van der Waals surface area contributed by atoms with Crippen molar-refractivity contribution in [1.82, 2.24) is 4.90 Å². The average molecular weight is 327 g/mol. The Kier molecular flexibility index (Phi) is 5.32. The van der Waals surface area contributed by atoms with Gasteiger partial charge in [0.05, 0.1) is 11.5 Å². The van der Waals surface area contributed by atoms with E-state index in [1.807, 2.05) is 37.4 Å². The Hall–Kier alpha value is -1.01. The number of benzene rings is 1. The van der Waals surface area contributed by atoms with Crippen LogP contribution < -0.4 is 0 Å². The van der Waals surface area contributed by atoms with Gasteiger partial charge in [-0.3, -0.25) is 4.79 Å². The van der Waals surface area contributed by atoms with Gasteiger partial charge >= 0.3 is 0 Å². The van der Waals surface area contributed by atoms with E-state index in [-0.39, 0.29) is 23.5 Å². The maximum Gasteiger partial charge on any atom is 0.254 e. The molecule has 1 aliphatic heterocycles. The zero-order valence-corrected chi connectivity index (χ0v) is 14.0. The van der Waals surface area contributed by atoms with Crippen molar-refractivity contribution >= 4 is 27.5 Å². The summed E-state index contributed by atoms with van der Waals surface area (Å²) in [4.78, 5) is 15.5. The van der Waals surface area contributed by atoms with Crippen molar-refractivity contribution in [3.05, 3.63) is 29.8 Å². The smallest absolute Gasteiger partial charge is 0.254 e. The van der Waals surface area contributed by atoms with E-state index in [2.05, 4.69) is 0 Å². The third kappa shape index (κ3) is 4.01. The van der Waals surface area contributed by atoms with Crippen LogP contribution in [0.5, 0.6) is 0 Å². The van der Waals surface area contributed by atoms with E-state index in [9.17, 15) is 13.2 Å². The Bertz CT molecular complexity index is 596. The summed E-state index contributed by atoms with van der Waals surface area (Å²) in [7, 11) is -2.98. The van der Waals surface area contributed by atoms with Crippen LogP contribution in [0.25, 0.3) is 0 Å². The Labute approximate surface area is 130 Å². The number of carbonyl (C=O) groups excluding carboxylic acids is 1. The molecule has 0 bridgehead atoms. The molecule has 1 heterocycles. The standard InChI is InChI=1S/C15H21NO3S2/c1-3-9-16(13-8-10-21(18,19)11-13)15(17)12-4-6-14(20-2)7-5-12/h4-7,13H,3,8-11H2,1-2H3. The molecule has 21 heavy (non-hydrogen) atoms. The summed E-state index contributed by atoms with van der Waals surface area (Å²) in [5, 5.41) is 0. The molecule has 1 fully saturated rings. The van der Waals surface area contributed by atoms with Crippen LogP contribution in [-0.4, -0.2) is 49.6 Å². The third-order valence-electron chi connectivity index (χ3n) is 3.71. The Balaban J connectivity index is 2.18. The lowest BCUT2D eigenvalue weighted by Crippen LogP contribution is -2.41. The molecule has 1 amide bonds. The molecule has 0 spiro atoms. The van der Waals surface area contributed by atoms with Crippen molar-refractivity contribution in [1.29, 1.82) is 0 Å². The van der Waals surface area contributed by atoms with Crippen LogP contribution in [0.1, 0.15) is 30.1 Å². The van der Waals surface area contributed by atoms with E-state index < -0.39 is 9.84 Å². The van der Waals surface area contributed by atoms with Crippen molar-refractivity contribution in [2.45, 2.75) is 30.7 Å². The van der Waals surface area contributed by atoms with E-state index in [4.69, 9.17) is 0 Å². The van der Waals surface area contributed by atoms with Crippen LogP contribution in [0.15, 0.2) is 29.2 Å². The van der Waals surface area contributed by atoms with E-state index in [1.165, 1.54) is 0 Å². The fourth-order valence-corrected chi connectivity index (χ4v) is 4.75. The van der Waals surface area contributed by atoms with Crippen LogP contribution >= 0.6 is 11.8 Å². The van der Waals surface area contributed by atoms with Gasteiger partial charge < -0.3 is 4.90 Å². The second-order valence-corrected chi connectivity index (χ2v) is 8.39. The average Bonchev–Trinajstić information content (AvgIpc) is 2.84. The predicted octanol–water partition coefficient (Wildman–Crippen LogP) is 2.45. The summed E-state index contributed by atoms with van der Waals surface area (Å²) in [6, 6.07) is 7.31. The van der Waals surface area contributed by atoms with E-state index in [0.717, 1.165) is 11.3 Å². The van der Waals surface area contributed by atoms with Gasteiger partial charge in [-0.05, 0) is 43.4 Å². The van der Waals surface area contributed by atoms with Gasteiger partial charge in [0.1, 0.15) is 0 Å². The predicted molar refractivity (Wildman–Crippen MR) is 86.6 cm³/mol. The number of rotatable bonds is 5. The van der Waals surface area contributed by atoms with Crippen molar-refractivity contribution in [3.8, 4) is 0 Å². The molecule has 2 rings (SSSR count). The minimum absolute atomic E-state index is 0.0633. The maximum atomic E-state index is 12.7. The summed E-state index contributed by atoms with van der Waals surface area (Å²) >= 11 is 1.63. The summed E-state index contributed by atoms with van der Waals surface area (Å²) in [5.41, 5.74) is 0.630. The fraction of sp³-hybridized carbons (Fsp3) is 0.533. The first-order chi connectivity index (χ1) is 9.96. The first-order valence-corrected chi connectivity index (χ1v) is 10.2. The topological polar surface area (TPSA) is 54.5 Å². The fourth-order valence-electron chi connectivity index (χ4n) is 2.61. The van der Waals surface area contributed by atoms with Crippen molar-refractivity contribution in [3.63, 3.8) is 0 Å². The summed E-state index contributed by atoms with van der Waals surface area (Å²) in [6.07, 6.45) is 3.37. The molecule has 1 aromatic rings. The highest BCUT2D eigenvalue weighted by Crippen LogP contribution is 2.21. The summed E-state index contributed by atoms with van der Waals surface area (Å²) < 4.78 is 23.3. The number of carbonyl (C=O) groups is 1. The molecule has 116 valence electrons. The molecule has 1 atom stereocenters. The zero-order valence-electron chi connectivity index (χ0n) is 12.4. The van der Waals surface area contributed by atoms with E-state index in [0.29, 0.717) is 18.5 Å². The lowest BCUT2D eigenvalue weighted by molar-refractivity contribution is 0.0697. The van der Waals surface area contributed by atoms with Gasteiger partial charge in [-0.15, -0.1) is 11.8 Å². The van der Waals surface area contributed by atoms with Gasteiger partial charge in [0.15, 0.2) is 9.84 Å². The number of hydrogen-bond acceptors (Lipinski definition) is 4. The molecule has 0 aromatic heterocycles. The number of thioether (sulfide) groups is 1. The molecular formula is C15H21NO3S2. The van der Waals surface area contributed by atoms with Crippen LogP contribution in [-0.2, 0) is 9.84 Å². The summed E-state index contributed by atoms with van der Waals surface area (Å²) in [6.45, 7) is 2.60. The highest BCUT2D eigenvalue weighted by molar-refractivity contribution is 7.98. The molecule has 6 heteroatoms. The number of hydrogen-bond donors (Lipinski definition) is 0. The van der Waals surface area contributed by atoms with Crippen LogP contribution in [0.3, 0.4) is 0 Å². The Morgan fingerprint density at radius 1 is 1.33 bits per heavy atom. The summed E-state index contributed by atoms with van der Waals surface area (Å²) in [5.74, 6) is 0.227. The number of amides is 1. The lowest BCUT2D eigenvalue weighted by atomic mass is 10.1. The largest absolute Gasteiger partial charge is 0.335 e.